The maximum Gasteiger partial charge on any atom is 0.243 e. The molecule has 0 atom stereocenters. The highest BCUT2D eigenvalue weighted by atomic mass is 32.2. The fraction of sp³-hybridized carbons (Fsp3) is 0.438. The molecular formula is C16H21N3O2S. The second-order valence-electron chi connectivity index (χ2n) is 5.95. The Morgan fingerprint density at radius 1 is 1.18 bits per heavy atom. The molecular weight excluding hydrogens is 298 g/mol. The maximum absolute atomic E-state index is 13.0. The monoisotopic (exact) mass is 319 g/mol. The molecule has 22 heavy (non-hydrogen) atoms. The Labute approximate surface area is 131 Å². The number of hydrogen-bond acceptors (Lipinski definition) is 4. The van der Waals surface area contributed by atoms with Crippen molar-refractivity contribution in [2.75, 3.05) is 27.2 Å². The standard InChI is InChI=1S/C16H21N3O2S/c1-18(2)14-7-10-19(11-8-14)22(20,21)16-5-3-4-13-12-17-9-6-15(13)16/h3-6,9,12,14H,7-8,10-11H2,1-2H3. The first kappa shape index (κ1) is 15.4. The molecule has 0 unspecified atom stereocenters. The third kappa shape index (κ3) is 2.74. The number of piperidine rings is 1. The highest BCUT2D eigenvalue weighted by Gasteiger charge is 2.30. The third-order valence-corrected chi connectivity index (χ3v) is 6.37. The lowest BCUT2D eigenvalue weighted by Crippen LogP contribution is -2.44. The van der Waals surface area contributed by atoms with Crippen LogP contribution in [0.15, 0.2) is 41.6 Å². The van der Waals surface area contributed by atoms with Crippen LogP contribution >= 0.6 is 0 Å². The minimum absolute atomic E-state index is 0.385. The van der Waals surface area contributed by atoms with Gasteiger partial charge in [0.2, 0.25) is 10.0 Å². The van der Waals surface area contributed by atoms with Gasteiger partial charge in [0.25, 0.3) is 0 Å². The van der Waals surface area contributed by atoms with Crippen molar-refractivity contribution in [1.82, 2.24) is 14.2 Å². The molecule has 6 heteroatoms. The number of aromatic nitrogens is 1. The number of sulfonamides is 1. The fourth-order valence-electron chi connectivity index (χ4n) is 3.06. The number of rotatable bonds is 3. The van der Waals surface area contributed by atoms with Crippen LogP contribution in [-0.4, -0.2) is 55.8 Å². The number of hydrogen-bond donors (Lipinski definition) is 0. The van der Waals surface area contributed by atoms with Gasteiger partial charge in [0.05, 0.1) is 4.90 Å². The average molecular weight is 319 g/mol. The largest absolute Gasteiger partial charge is 0.306 e. The summed E-state index contributed by atoms with van der Waals surface area (Å²) in [4.78, 5) is 6.62. The van der Waals surface area contributed by atoms with E-state index in [9.17, 15) is 8.42 Å². The Hall–Kier alpha value is -1.50. The SMILES string of the molecule is CN(C)C1CCN(S(=O)(=O)c2cccc3cnccc23)CC1. The summed E-state index contributed by atoms with van der Waals surface area (Å²) in [5.74, 6) is 0. The molecule has 0 amide bonds. The number of benzene rings is 1. The van der Waals surface area contributed by atoms with Crippen molar-refractivity contribution in [2.24, 2.45) is 0 Å². The summed E-state index contributed by atoms with van der Waals surface area (Å²) in [6, 6.07) is 7.59. The molecule has 2 heterocycles. The van der Waals surface area contributed by atoms with Crippen LogP contribution in [0.3, 0.4) is 0 Å². The molecule has 1 aliphatic rings. The first-order valence-corrected chi connectivity index (χ1v) is 8.93. The second-order valence-corrected chi connectivity index (χ2v) is 7.86. The van der Waals surface area contributed by atoms with Crippen molar-refractivity contribution < 1.29 is 8.42 Å². The normalized spacial score (nSPS) is 18.1. The van der Waals surface area contributed by atoms with Gasteiger partial charge in [0.15, 0.2) is 0 Å². The van der Waals surface area contributed by atoms with Gasteiger partial charge >= 0.3 is 0 Å². The molecule has 3 rings (SSSR count). The molecule has 1 aromatic heterocycles. The molecule has 0 N–H and O–H groups in total. The average Bonchev–Trinajstić information content (AvgIpc) is 2.54. The lowest BCUT2D eigenvalue weighted by atomic mass is 10.1. The quantitative estimate of drug-likeness (QED) is 0.868. The van der Waals surface area contributed by atoms with Crippen LogP contribution in [0.25, 0.3) is 10.8 Å². The molecule has 0 radical (unpaired) electrons. The Morgan fingerprint density at radius 3 is 2.59 bits per heavy atom. The van der Waals surface area contributed by atoms with Gasteiger partial charge in [-0.05, 0) is 39.1 Å². The molecule has 1 saturated heterocycles. The van der Waals surface area contributed by atoms with Gasteiger partial charge in [-0.15, -0.1) is 0 Å². The van der Waals surface area contributed by atoms with E-state index < -0.39 is 10.0 Å². The van der Waals surface area contributed by atoms with Gasteiger partial charge in [-0.25, -0.2) is 8.42 Å². The first-order chi connectivity index (χ1) is 10.5. The van der Waals surface area contributed by atoms with Gasteiger partial charge in [-0.2, -0.15) is 4.31 Å². The van der Waals surface area contributed by atoms with E-state index >= 15 is 0 Å². The van der Waals surface area contributed by atoms with Crippen LogP contribution in [0.1, 0.15) is 12.8 Å². The summed E-state index contributed by atoms with van der Waals surface area (Å²) >= 11 is 0. The zero-order valence-corrected chi connectivity index (χ0v) is 13.8. The minimum atomic E-state index is -3.45. The molecule has 1 aromatic carbocycles. The van der Waals surface area contributed by atoms with E-state index in [1.54, 1.807) is 34.9 Å². The van der Waals surface area contributed by atoms with E-state index in [2.05, 4.69) is 9.88 Å². The predicted molar refractivity (Wildman–Crippen MR) is 87.2 cm³/mol. The zero-order valence-electron chi connectivity index (χ0n) is 12.9. The Balaban J connectivity index is 1.93. The van der Waals surface area contributed by atoms with Crippen molar-refractivity contribution in [3.05, 3.63) is 36.7 Å². The predicted octanol–water partition coefficient (Wildman–Crippen LogP) is 1.95. The number of fused-ring (bicyclic) bond motifs is 1. The summed E-state index contributed by atoms with van der Waals surface area (Å²) in [6.45, 7) is 1.15. The zero-order chi connectivity index (χ0) is 15.7. The van der Waals surface area contributed by atoms with Crippen molar-refractivity contribution in [2.45, 2.75) is 23.8 Å². The summed E-state index contributed by atoms with van der Waals surface area (Å²) in [7, 11) is 0.646. The van der Waals surface area contributed by atoms with Crippen LogP contribution in [-0.2, 0) is 10.0 Å². The smallest absolute Gasteiger partial charge is 0.243 e. The topological polar surface area (TPSA) is 53.5 Å². The summed E-state index contributed by atoms with van der Waals surface area (Å²) in [6.07, 6.45) is 5.09. The lowest BCUT2D eigenvalue weighted by Gasteiger charge is -2.34. The van der Waals surface area contributed by atoms with Crippen LogP contribution < -0.4 is 0 Å². The molecule has 0 spiro atoms. The molecule has 5 nitrogen and oxygen atoms in total. The molecule has 0 aliphatic carbocycles. The molecule has 1 aliphatic heterocycles. The molecule has 0 bridgehead atoms. The summed E-state index contributed by atoms with van der Waals surface area (Å²) < 4.78 is 27.6. The Kier molecular flexibility index (Phi) is 4.16. The minimum Gasteiger partial charge on any atom is -0.306 e. The lowest BCUT2D eigenvalue weighted by molar-refractivity contribution is 0.196. The maximum atomic E-state index is 13.0. The van der Waals surface area contributed by atoms with Crippen molar-refractivity contribution in [3.63, 3.8) is 0 Å². The summed E-state index contributed by atoms with van der Waals surface area (Å²) in [5, 5.41) is 1.60. The van der Waals surface area contributed by atoms with Crippen LogP contribution in [0.5, 0.6) is 0 Å². The van der Waals surface area contributed by atoms with Crippen molar-refractivity contribution in [3.8, 4) is 0 Å². The first-order valence-electron chi connectivity index (χ1n) is 7.49. The Morgan fingerprint density at radius 2 is 1.91 bits per heavy atom. The number of pyridine rings is 1. The van der Waals surface area contributed by atoms with E-state index in [1.165, 1.54) is 0 Å². The van der Waals surface area contributed by atoms with Gasteiger partial charge in [-0.3, -0.25) is 4.98 Å². The van der Waals surface area contributed by atoms with E-state index in [0.717, 1.165) is 23.6 Å². The molecule has 118 valence electrons. The van der Waals surface area contributed by atoms with E-state index in [-0.39, 0.29) is 0 Å². The van der Waals surface area contributed by atoms with Gasteiger partial charge in [-0.1, -0.05) is 12.1 Å². The van der Waals surface area contributed by atoms with Crippen LogP contribution in [0, 0.1) is 0 Å². The van der Waals surface area contributed by atoms with E-state index in [0.29, 0.717) is 24.0 Å². The molecule has 1 fully saturated rings. The van der Waals surface area contributed by atoms with Gasteiger partial charge in [0, 0.05) is 42.3 Å². The van der Waals surface area contributed by atoms with Gasteiger partial charge < -0.3 is 4.90 Å². The van der Waals surface area contributed by atoms with E-state index in [4.69, 9.17) is 0 Å². The number of nitrogens with zero attached hydrogens (tertiary/aromatic N) is 3. The van der Waals surface area contributed by atoms with E-state index in [1.807, 2.05) is 20.2 Å². The highest BCUT2D eigenvalue weighted by molar-refractivity contribution is 7.89. The van der Waals surface area contributed by atoms with Crippen LogP contribution in [0.4, 0.5) is 0 Å². The fourth-order valence-corrected chi connectivity index (χ4v) is 4.74. The molecule has 2 aromatic rings. The third-order valence-electron chi connectivity index (χ3n) is 4.41. The van der Waals surface area contributed by atoms with Crippen LogP contribution in [0.2, 0.25) is 0 Å². The van der Waals surface area contributed by atoms with Gasteiger partial charge in [0.1, 0.15) is 0 Å². The molecule has 0 saturated carbocycles. The highest BCUT2D eigenvalue weighted by Crippen LogP contribution is 2.27. The second kappa shape index (κ2) is 5.95. The van der Waals surface area contributed by atoms with Crippen molar-refractivity contribution in [1.29, 1.82) is 0 Å². The van der Waals surface area contributed by atoms with Crippen molar-refractivity contribution >= 4 is 20.8 Å². The Bertz CT molecular complexity index is 761. The summed E-state index contributed by atoms with van der Waals surface area (Å²) in [5.41, 5.74) is 0.